The number of nitrogens with one attached hydrogen (secondary N) is 1. The van der Waals surface area contributed by atoms with Gasteiger partial charge in [-0.3, -0.25) is 0 Å². The highest BCUT2D eigenvalue weighted by Crippen LogP contribution is 2.30. The number of hydrogen-bond acceptors (Lipinski definition) is 1. The molecule has 2 nitrogen and oxygen atoms in total. The van der Waals surface area contributed by atoms with Gasteiger partial charge in [0.15, 0.2) is 0 Å². The topological polar surface area (TPSA) is 17.0 Å². The lowest BCUT2D eigenvalue weighted by Gasteiger charge is -2.13. The van der Waals surface area contributed by atoms with Crippen molar-refractivity contribution >= 4 is 16.5 Å². The van der Waals surface area contributed by atoms with Gasteiger partial charge in [-0.15, -0.1) is 0 Å². The van der Waals surface area contributed by atoms with Gasteiger partial charge >= 0.3 is 0 Å². The van der Waals surface area contributed by atoms with Gasteiger partial charge in [0, 0.05) is 35.8 Å². The highest BCUT2D eigenvalue weighted by Gasteiger charge is 2.13. The average Bonchev–Trinajstić information content (AvgIpc) is 2.88. The largest absolute Gasteiger partial charge is 0.347 e. The molecule has 0 fully saturated rings. The van der Waals surface area contributed by atoms with Crippen LogP contribution in [-0.2, 0) is 6.54 Å². The van der Waals surface area contributed by atoms with Gasteiger partial charge in [-0.1, -0.05) is 31.6 Å². The van der Waals surface area contributed by atoms with Gasteiger partial charge in [-0.05, 0) is 44.5 Å². The minimum atomic E-state index is 1.000. The first kappa shape index (κ1) is 14.9. The third-order valence-electron chi connectivity index (χ3n) is 3.79. The van der Waals surface area contributed by atoms with Gasteiger partial charge in [-0.25, -0.2) is 0 Å². The van der Waals surface area contributed by atoms with Crippen LogP contribution >= 0.6 is 0 Å². The van der Waals surface area contributed by atoms with E-state index in [-0.39, 0.29) is 0 Å². The molecule has 2 heterocycles. The summed E-state index contributed by atoms with van der Waals surface area (Å²) >= 11 is 0. The monoisotopic (exact) mass is 270 g/mol. The molecule has 1 N–H and O–H groups in total. The number of fused-ring (bicyclic) bond motifs is 1. The molecule has 0 bridgehead atoms. The summed E-state index contributed by atoms with van der Waals surface area (Å²) in [5, 5.41) is 4.79. The zero-order chi connectivity index (χ0) is 14.5. The molecule has 2 heteroatoms. The molecule has 3 rings (SSSR count). The first-order valence-corrected chi connectivity index (χ1v) is 7.79. The molecule has 0 spiro atoms. The van der Waals surface area contributed by atoms with Crippen molar-refractivity contribution in [3.05, 3.63) is 41.6 Å². The first-order chi connectivity index (χ1) is 9.79. The van der Waals surface area contributed by atoms with Crippen molar-refractivity contribution in [2.24, 2.45) is 0 Å². The second-order valence-corrected chi connectivity index (χ2v) is 5.03. The molecule has 2 aromatic rings. The van der Waals surface area contributed by atoms with Crippen LogP contribution in [-0.4, -0.2) is 17.7 Å². The number of hydrogen-bond donors (Lipinski definition) is 1. The summed E-state index contributed by atoms with van der Waals surface area (Å²) < 4.78 is 2.35. The first-order valence-electron chi connectivity index (χ1n) is 7.79. The smallest absolute Gasteiger partial charge is 0.0486 e. The van der Waals surface area contributed by atoms with Crippen LogP contribution in [0.5, 0.6) is 0 Å². The summed E-state index contributed by atoms with van der Waals surface area (Å²) in [6, 6.07) is 6.77. The van der Waals surface area contributed by atoms with Crippen LogP contribution in [0.15, 0.2) is 30.5 Å². The Morgan fingerprint density at radius 1 is 1.25 bits per heavy atom. The minimum Gasteiger partial charge on any atom is -0.347 e. The van der Waals surface area contributed by atoms with Gasteiger partial charge in [-0.2, -0.15) is 0 Å². The third kappa shape index (κ3) is 2.80. The lowest BCUT2D eigenvalue weighted by atomic mass is 9.99. The summed E-state index contributed by atoms with van der Waals surface area (Å²) in [4.78, 5) is 0. The quantitative estimate of drug-likeness (QED) is 0.857. The summed E-state index contributed by atoms with van der Waals surface area (Å²) in [5.41, 5.74) is 5.62. The molecule has 0 saturated carbocycles. The lowest BCUT2D eigenvalue weighted by molar-refractivity contribution is 0.738. The van der Waals surface area contributed by atoms with Gasteiger partial charge in [0.2, 0.25) is 0 Å². The van der Waals surface area contributed by atoms with Crippen molar-refractivity contribution in [2.45, 2.75) is 40.7 Å². The summed E-state index contributed by atoms with van der Waals surface area (Å²) in [7, 11) is 0. The van der Waals surface area contributed by atoms with E-state index in [4.69, 9.17) is 0 Å². The molecule has 1 aromatic carbocycles. The van der Waals surface area contributed by atoms with E-state index >= 15 is 0 Å². The van der Waals surface area contributed by atoms with E-state index < -0.39 is 0 Å². The Hall–Kier alpha value is -1.54. The number of aryl methyl sites for hydroxylation is 2. The molecule has 0 saturated heterocycles. The maximum absolute atomic E-state index is 3.38. The van der Waals surface area contributed by atoms with Crippen molar-refractivity contribution < 1.29 is 0 Å². The molecule has 0 radical (unpaired) electrons. The predicted octanol–water partition coefficient (Wildman–Crippen LogP) is 4.37. The van der Waals surface area contributed by atoms with E-state index in [9.17, 15) is 0 Å². The van der Waals surface area contributed by atoms with Crippen LogP contribution in [0.3, 0.4) is 0 Å². The fourth-order valence-corrected chi connectivity index (χ4v) is 2.80. The SMILES string of the molecule is CC.CCn1cc(C2=CCNCC2)c2cc(C)ccc21. The molecule has 1 aliphatic rings. The minimum absolute atomic E-state index is 1.000. The van der Waals surface area contributed by atoms with Gasteiger partial charge in [0.05, 0.1) is 0 Å². The molecule has 108 valence electrons. The van der Waals surface area contributed by atoms with Crippen molar-refractivity contribution in [3.63, 3.8) is 0 Å². The Morgan fingerprint density at radius 3 is 2.70 bits per heavy atom. The Labute approximate surface area is 122 Å². The maximum atomic E-state index is 3.38. The Kier molecular flexibility index (Phi) is 5.02. The molecule has 0 aliphatic carbocycles. The zero-order valence-electron chi connectivity index (χ0n) is 13.2. The molecule has 20 heavy (non-hydrogen) atoms. The molecule has 1 aliphatic heterocycles. The highest BCUT2D eigenvalue weighted by atomic mass is 14.9. The van der Waals surface area contributed by atoms with Crippen LogP contribution in [0, 0.1) is 6.92 Å². The van der Waals surface area contributed by atoms with Crippen LogP contribution in [0.1, 0.15) is 38.3 Å². The maximum Gasteiger partial charge on any atom is 0.0486 e. The number of aromatic nitrogens is 1. The fourth-order valence-electron chi connectivity index (χ4n) is 2.80. The summed E-state index contributed by atoms with van der Waals surface area (Å²) in [6.45, 7) is 11.5. The molecule has 0 amide bonds. The van der Waals surface area contributed by atoms with E-state index in [0.29, 0.717) is 0 Å². The molecule has 1 aromatic heterocycles. The van der Waals surface area contributed by atoms with E-state index in [0.717, 1.165) is 26.1 Å². The van der Waals surface area contributed by atoms with E-state index in [1.54, 1.807) is 0 Å². The second kappa shape index (κ2) is 6.76. The van der Waals surface area contributed by atoms with Crippen molar-refractivity contribution in [3.8, 4) is 0 Å². The predicted molar refractivity (Wildman–Crippen MR) is 89.2 cm³/mol. The highest BCUT2D eigenvalue weighted by molar-refractivity contribution is 5.93. The molecular weight excluding hydrogens is 244 g/mol. The molecule has 0 unspecified atom stereocenters. The lowest BCUT2D eigenvalue weighted by Crippen LogP contribution is -2.19. The van der Waals surface area contributed by atoms with E-state index in [1.165, 1.54) is 27.6 Å². The Balaban J connectivity index is 0.000000704. The molecular formula is C18H26N2. The van der Waals surface area contributed by atoms with Crippen molar-refractivity contribution in [2.75, 3.05) is 13.1 Å². The van der Waals surface area contributed by atoms with Gasteiger partial charge < -0.3 is 9.88 Å². The Bertz CT molecular complexity index is 605. The standard InChI is InChI=1S/C16H20N2.C2H6/c1-3-18-11-15(13-6-8-17-9-7-13)14-10-12(2)4-5-16(14)18;1-2/h4-6,10-11,17H,3,7-9H2,1-2H3;1-2H3. The van der Waals surface area contributed by atoms with E-state index in [2.05, 4.69) is 54.2 Å². The summed E-state index contributed by atoms with van der Waals surface area (Å²) in [6.07, 6.45) is 5.79. The van der Waals surface area contributed by atoms with Crippen molar-refractivity contribution in [1.82, 2.24) is 9.88 Å². The van der Waals surface area contributed by atoms with Crippen LogP contribution in [0.2, 0.25) is 0 Å². The van der Waals surface area contributed by atoms with E-state index in [1.807, 2.05) is 13.8 Å². The van der Waals surface area contributed by atoms with Crippen LogP contribution < -0.4 is 5.32 Å². The number of nitrogens with zero attached hydrogens (tertiary/aromatic N) is 1. The van der Waals surface area contributed by atoms with Crippen LogP contribution in [0.4, 0.5) is 0 Å². The average molecular weight is 270 g/mol. The Morgan fingerprint density at radius 2 is 2.05 bits per heavy atom. The second-order valence-electron chi connectivity index (χ2n) is 5.03. The van der Waals surface area contributed by atoms with Crippen molar-refractivity contribution in [1.29, 1.82) is 0 Å². The van der Waals surface area contributed by atoms with Gasteiger partial charge in [0.1, 0.15) is 0 Å². The number of benzene rings is 1. The zero-order valence-corrected chi connectivity index (χ0v) is 13.2. The van der Waals surface area contributed by atoms with Gasteiger partial charge in [0.25, 0.3) is 0 Å². The normalized spacial score (nSPS) is 14.7. The van der Waals surface area contributed by atoms with Crippen LogP contribution in [0.25, 0.3) is 16.5 Å². The summed E-state index contributed by atoms with van der Waals surface area (Å²) in [5.74, 6) is 0. The number of rotatable bonds is 2. The fraction of sp³-hybridized carbons (Fsp3) is 0.444. The third-order valence-corrected chi connectivity index (χ3v) is 3.79. The molecule has 0 atom stereocenters.